The third-order valence-corrected chi connectivity index (χ3v) is 16.2. The molecule has 0 bridgehead atoms. The van der Waals surface area contributed by atoms with E-state index in [-0.39, 0.29) is 9.13 Å². The van der Waals surface area contributed by atoms with Gasteiger partial charge < -0.3 is 0 Å². The maximum atomic E-state index is 14.8. The van der Waals surface area contributed by atoms with E-state index in [2.05, 4.69) is 2.51 Å². The number of carbonyl (C=O) groups is 1. The summed E-state index contributed by atoms with van der Waals surface area (Å²) in [6.07, 6.45) is -7.31. The topological polar surface area (TPSA) is 104 Å². The third kappa shape index (κ3) is 5.90. The Morgan fingerprint density at radius 3 is 1.81 bits per heavy atom. The Kier molecular flexibility index (Phi) is 9.12. The van der Waals surface area contributed by atoms with Crippen LogP contribution in [0.1, 0.15) is 42.3 Å². The molecule has 0 atom stereocenters. The average molecular weight is 832 g/mol. The molecule has 19 heteroatoms. The Morgan fingerprint density at radius 1 is 0.745 bits per heavy atom. The molecule has 0 saturated heterocycles. The maximum absolute atomic E-state index is 14.8. The number of carbonyl (C=O) groups excluding carboxylic acids is 1. The van der Waals surface area contributed by atoms with Gasteiger partial charge in [0.05, 0.1) is 0 Å². The molecule has 258 valence electrons. The minimum atomic E-state index is -7.57. The van der Waals surface area contributed by atoms with Crippen molar-refractivity contribution >= 4 is 46.0 Å². The summed E-state index contributed by atoms with van der Waals surface area (Å²) in [6, 6.07) is 11.3. The SMILES string of the molecule is COc1cc2c(cc1I(OS(=O)(=O)C(F)(F)C(F)(F)C(F)(F)C(F)(F)F)c1ccc(C(C)(C)C)cc1)C(=O)c1ccccc1S2(=O)=O. The van der Waals surface area contributed by atoms with Crippen molar-refractivity contribution in [2.45, 2.75) is 59.3 Å². The standard InChI is InChI=1S/C28H22F9IO7S2/c1-24(2,3)15-9-11-16(12-10-15)38(45-47(42,43)28(36,37)26(31,32)25(29,30)27(33,34)35)19-13-18-22(14-20(19)44-4)46(40,41)21-8-6-5-7-17(21)23(18)39/h5-14H,1-4H3. The fraction of sp³-hybridized carbons (Fsp3) is 0.321. The van der Waals surface area contributed by atoms with Crippen LogP contribution in [-0.4, -0.2) is 53.0 Å². The van der Waals surface area contributed by atoms with E-state index in [9.17, 15) is 61.1 Å². The number of hydrogen-bond acceptors (Lipinski definition) is 7. The molecule has 0 aromatic heterocycles. The Balaban J connectivity index is 1.98. The zero-order chi connectivity index (χ0) is 35.8. The van der Waals surface area contributed by atoms with Crippen molar-refractivity contribution < 1.29 is 68.4 Å². The van der Waals surface area contributed by atoms with E-state index < -0.39 is 99.3 Å². The monoisotopic (exact) mass is 832 g/mol. The Morgan fingerprint density at radius 2 is 1.30 bits per heavy atom. The first-order valence-corrected chi connectivity index (χ1v) is 18.7. The zero-order valence-corrected chi connectivity index (χ0v) is 28.0. The summed E-state index contributed by atoms with van der Waals surface area (Å²) in [5, 5.41) is -7.17. The van der Waals surface area contributed by atoms with Gasteiger partial charge in [-0.25, -0.2) is 0 Å². The first-order valence-electron chi connectivity index (χ1n) is 12.8. The molecule has 47 heavy (non-hydrogen) atoms. The number of halogens is 10. The van der Waals surface area contributed by atoms with Gasteiger partial charge in [0.2, 0.25) is 0 Å². The summed E-state index contributed by atoms with van der Waals surface area (Å²) in [4.78, 5) is 12.3. The summed E-state index contributed by atoms with van der Waals surface area (Å²) in [6.45, 7) is 5.25. The molecule has 3 aromatic carbocycles. The first kappa shape index (κ1) is 36.9. The number of methoxy groups -OCH3 is 1. The second-order valence-electron chi connectivity index (χ2n) is 11.0. The van der Waals surface area contributed by atoms with Crippen molar-refractivity contribution in [1.29, 1.82) is 0 Å². The molecule has 0 radical (unpaired) electrons. The molecule has 0 unspecified atom stereocenters. The van der Waals surface area contributed by atoms with Gasteiger partial charge >= 0.3 is 271 Å². The van der Waals surface area contributed by atoms with Gasteiger partial charge in [-0.05, 0) is 0 Å². The second kappa shape index (κ2) is 11.6. The van der Waals surface area contributed by atoms with Crippen molar-refractivity contribution in [1.82, 2.24) is 0 Å². The molecule has 1 heterocycles. The van der Waals surface area contributed by atoms with Gasteiger partial charge in [0, 0.05) is 0 Å². The Labute approximate surface area is 270 Å². The van der Waals surface area contributed by atoms with Gasteiger partial charge in [-0.15, -0.1) is 0 Å². The third-order valence-electron chi connectivity index (χ3n) is 6.88. The number of ketones is 1. The molecule has 3 aromatic rings. The van der Waals surface area contributed by atoms with E-state index in [1.54, 1.807) is 20.8 Å². The molecule has 4 rings (SSSR count). The zero-order valence-electron chi connectivity index (χ0n) is 24.2. The number of hydrogen-bond donors (Lipinski definition) is 0. The van der Waals surface area contributed by atoms with Gasteiger partial charge in [0.1, 0.15) is 0 Å². The predicted octanol–water partition coefficient (Wildman–Crippen LogP) is 7.60. The van der Waals surface area contributed by atoms with Gasteiger partial charge in [0.15, 0.2) is 0 Å². The van der Waals surface area contributed by atoms with Crippen LogP contribution >= 0.6 is 20.2 Å². The first-order chi connectivity index (χ1) is 21.2. The van der Waals surface area contributed by atoms with Crippen molar-refractivity contribution in [2.75, 3.05) is 7.11 Å². The molecular formula is C28H22F9IO7S2. The summed E-state index contributed by atoms with van der Waals surface area (Å²) in [5.74, 6) is -16.7. The van der Waals surface area contributed by atoms with Crippen LogP contribution in [0.2, 0.25) is 0 Å². The number of benzene rings is 3. The van der Waals surface area contributed by atoms with Crippen LogP contribution in [0.3, 0.4) is 0 Å². The van der Waals surface area contributed by atoms with E-state index in [0.717, 1.165) is 43.5 Å². The molecule has 1 aliphatic rings. The number of fused-ring (bicyclic) bond motifs is 2. The Bertz CT molecular complexity index is 1950. The van der Waals surface area contributed by atoms with Crippen LogP contribution in [0.25, 0.3) is 0 Å². The molecule has 0 aliphatic carbocycles. The molecular weight excluding hydrogens is 810 g/mol. The molecule has 0 amide bonds. The summed E-state index contributed by atoms with van der Waals surface area (Å²) >= 11 is -4.83. The van der Waals surface area contributed by atoms with Crippen molar-refractivity contribution in [3.8, 4) is 5.75 Å². The van der Waals surface area contributed by atoms with Crippen molar-refractivity contribution in [3.05, 3.63) is 84.5 Å². The van der Waals surface area contributed by atoms with E-state index in [0.29, 0.717) is 5.56 Å². The predicted molar refractivity (Wildman–Crippen MR) is 156 cm³/mol. The number of sulfone groups is 1. The molecule has 0 N–H and O–H groups in total. The van der Waals surface area contributed by atoms with E-state index in [1.807, 2.05) is 0 Å². The normalized spacial score (nSPS) is 15.9. The minimum absolute atomic E-state index is 0.322. The molecule has 1 aliphatic heterocycles. The van der Waals surface area contributed by atoms with Crippen LogP contribution in [-0.2, 0) is 27.9 Å². The van der Waals surface area contributed by atoms with Crippen LogP contribution < -0.4 is 4.74 Å². The fourth-order valence-corrected chi connectivity index (χ4v) is 13.2. The molecule has 7 nitrogen and oxygen atoms in total. The van der Waals surface area contributed by atoms with Gasteiger partial charge in [0.25, 0.3) is 0 Å². The molecule has 0 fully saturated rings. The van der Waals surface area contributed by atoms with Gasteiger partial charge in [-0.1, -0.05) is 0 Å². The van der Waals surface area contributed by atoms with Crippen LogP contribution in [0.5, 0.6) is 5.75 Å². The van der Waals surface area contributed by atoms with Crippen LogP contribution in [0.4, 0.5) is 39.5 Å². The fourth-order valence-electron chi connectivity index (χ4n) is 4.27. The van der Waals surface area contributed by atoms with E-state index in [4.69, 9.17) is 4.74 Å². The van der Waals surface area contributed by atoms with Crippen molar-refractivity contribution in [3.63, 3.8) is 0 Å². The van der Waals surface area contributed by atoms with Crippen LogP contribution in [0, 0.1) is 7.14 Å². The number of alkyl halides is 9. The Hall–Kier alpha value is -2.91. The van der Waals surface area contributed by atoms with E-state index in [1.165, 1.54) is 24.3 Å². The number of ether oxygens (including phenoxy) is 1. The van der Waals surface area contributed by atoms with Gasteiger partial charge in [-0.3, -0.25) is 0 Å². The molecule has 0 spiro atoms. The second-order valence-corrected chi connectivity index (χ2v) is 19.3. The van der Waals surface area contributed by atoms with Crippen LogP contribution in [0.15, 0.2) is 70.5 Å². The quantitative estimate of drug-likeness (QED) is 0.133. The molecule has 0 saturated carbocycles. The van der Waals surface area contributed by atoms with Gasteiger partial charge in [-0.2, -0.15) is 0 Å². The summed E-state index contributed by atoms with van der Waals surface area (Å²) in [7, 11) is -10.9. The average Bonchev–Trinajstić information content (AvgIpc) is 2.97. The van der Waals surface area contributed by atoms with Crippen molar-refractivity contribution in [2.24, 2.45) is 0 Å². The summed E-state index contributed by atoms with van der Waals surface area (Å²) in [5.41, 5.74) is -0.952. The summed E-state index contributed by atoms with van der Waals surface area (Å²) < 4.78 is 185. The number of rotatable bonds is 8. The van der Waals surface area contributed by atoms with E-state index >= 15 is 0 Å².